The van der Waals surface area contributed by atoms with Crippen molar-refractivity contribution < 1.29 is 13.5 Å². The van der Waals surface area contributed by atoms with E-state index in [1.807, 2.05) is 19.9 Å². The monoisotopic (exact) mass is 312 g/mol. The Hall–Kier alpha value is -1.88. The maximum Gasteiger partial charge on any atom is 0.387 e. The zero-order valence-corrected chi connectivity index (χ0v) is 12.4. The van der Waals surface area contributed by atoms with Crippen molar-refractivity contribution in [3.63, 3.8) is 0 Å². The van der Waals surface area contributed by atoms with E-state index >= 15 is 0 Å². The molecule has 0 saturated carbocycles. The highest BCUT2D eigenvalue weighted by Gasteiger charge is 2.10. The van der Waals surface area contributed by atoms with Crippen LogP contribution >= 0.6 is 11.6 Å². The number of halogens is 3. The van der Waals surface area contributed by atoms with E-state index in [9.17, 15) is 8.78 Å². The second-order valence-electron chi connectivity index (χ2n) is 4.66. The van der Waals surface area contributed by atoms with E-state index in [0.29, 0.717) is 5.15 Å². The van der Waals surface area contributed by atoms with Gasteiger partial charge in [0.05, 0.1) is 5.69 Å². The number of hydrogen-bond acceptors (Lipinski definition) is 3. The van der Waals surface area contributed by atoms with Crippen LogP contribution in [0.1, 0.15) is 24.1 Å². The van der Waals surface area contributed by atoms with Crippen LogP contribution in [0, 0.1) is 6.92 Å². The predicted octanol–water partition coefficient (Wildman–Crippen LogP) is 4.82. The summed E-state index contributed by atoms with van der Waals surface area (Å²) in [6, 6.07) is 8.33. The van der Waals surface area contributed by atoms with Gasteiger partial charge in [0.1, 0.15) is 5.75 Å². The first-order valence-electron chi connectivity index (χ1n) is 6.39. The maximum absolute atomic E-state index is 12.1. The van der Waals surface area contributed by atoms with E-state index in [4.69, 9.17) is 11.6 Å². The third kappa shape index (κ3) is 4.29. The lowest BCUT2D eigenvalue weighted by Crippen LogP contribution is -2.08. The molecule has 0 bridgehead atoms. The summed E-state index contributed by atoms with van der Waals surface area (Å²) in [5.74, 6) is 0.135. The minimum Gasteiger partial charge on any atom is -0.435 e. The van der Waals surface area contributed by atoms with E-state index in [0.717, 1.165) is 16.8 Å². The average molecular weight is 313 g/mol. The number of rotatable bonds is 5. The largest absolute Gasteiger partial charge is 0.435 e. The molecule has 1 atom stereocenters. The van der Waals surface area contributed by atoms with Crippen molar-refractivity contribution in [2.75, 3.05) is 5.32 Å². The highest BCUT2D eigenvalue weighted by atomic mass is 35.5. The summed E-state index contributed by atoms with van der Waals surface area (Å²) in [4.78, 5) is 4.07. The van der Waals surface area contributed by atoms with Crippen molar-refractivity contribution in [3.05, 3.63) is 52.8 Å². The van der Waals surface area contributed by atoms with E-state index in [1.165, 1.54) is 12.1 Å². The van der Waals surface area contributed by atoms with E-state index in [2.05, 4.69) is 15.0 Å². The molecule has 0 aliphatic carbocycles. The Balaban J connectivity index is 2.09. The Morgan fingerprint density at radius 1 is 1.24 bits per heavy atom. The van der Waals surface area contributed by atoms with Crippen LogP contribution in [-0.4, -0.2) is 11.6 Å². The van der Waals surface area contributed by atoms with Crippen molar-refractivity contribution >= 4 is 17.3 Å². The first-order chi connectivity index (χ1) is 9.95. The lowest BCUT2D eigenvalue weighted by Gasteiger charge is -2.17. The summed E-state index contributed by atoms with van der Waals surface area (Å²) in [7, 11) is 0. The van der Waals surface area contributed by atoms with Gasteiger partial charge in [0, 0.05) is 12.2 Å². The quantitative estimate of drug-likeness (QED) is 0.804. The summed E-state index contributed by atoms with van der Waals surface area (Å²) >= 11 is 6.03. The molecule has 1 aromatic heterocycles. The third-order valence-electron chi connectivity index (χ3n) is 2.95. The van der Waals surface area contributed by atoms with Gasteiger partial charge in [-0.1, -0.05) is 23.7 Å². The fourth-order valence-corrected chi connectivity index (χ4v) is 2.07. The number of ether oxygens (including phenoxy) is 1. The van der Waals surface area contributed by atoms with Crippen LogP contribution in [-0.2, 0) is 0 Å². The van der Waals surface area contributed by atoms with Gasteiger partial charge in [-0.3, -0.25) is 0 Å². The van der Waals surface area contributed by atoms with Gasteiger partial charge < -0.3 is 10.1 Å². The first kappa shape index (κ1) is 15.5. The summed E-state index contributed by atoms with van der Waals surface area (Å²) in [5.41, 5.74) is 2.65. The summed E-state index contributed by atoms with van der Waals surface area (Å²) in [5, 5.41) is 3.64. The number of aryl methyl sites for hydroxylation is 1. The molecule has 3 nitrogen and oxygen atoms in total. The van der Waals surface area contributed by atoms with Crippen molar-refractivity contribution in [1.29, 1.82) is 0 Å². The van der Waals surface area contributed by atoms with Gasteiger partial charge in [-0.2, -0.15) is 8.78 Å². The maximum atomic E-state index is 12.1. The molecule has 6 heteroatoms. The molecule has 1 N–H and O–H groups in total. The molecule has 1 unspecified atom stereocenters. The molecule has 2 aromatic rings. The van der Waals surface area contributed by atoms with Crippen LogP contribution in [0.4, 0.5) is 14.5 Å². The van der Waals surface area contributed by atoms with Crippen molar-refractivity contribution in [2.24, 2.45) is 0 Å². The first-order valence-corrected chi connectivity index (χ1v) is 6.77. The molecule has 0 aliphatic heterocycles. The van der Waals surface area contributed by atoms with Gasteiger partial charge in [0.2, 0.25) is 0 Å². The lowest BCUT2D eigenvalue weighted by molar-refractivity contribution is -0.0498. The Morgan fingerprint density at radius 2 is 1.90 bits per heavy atom. The fourth-order valence-electron chi connectivity index (χ4n) is 1.91. The molecular formula is C15H15ClF2N2O. The van der Waals surface area contributed by atoms with Gasteiger partial charge in [-0.05, 0) is 43.2 Å². The third-order valence-corrected chi connectivity index (χ3v) is 3.25. The summed E-state index contributed by atoms with van der Waals surface area (Å²) in [6.45, 7) is 1.06. The molecule has 0 saturated heterocycles. The standard InChI is InChI=1S/C15H15ClF2N2O/c1-9-7-13(14(16)19-8-9)20-10(2)11-3-5-12(6-4-11)21-15(17)18/h3-8,10,15,20H,1-2H3. The van der Waals surface area contributed by atoms with Crippen LogP contribution < -0.4 is 10.1 Å². The second-order valence-corrected chi connectivity index (χ2v) is 5.02. The fraction of sp³-hybridized carbons (Fsp3) is 0.267. The average Bonchev–Trinajstić information content (AvgIpc) is 2.43. The van der Waals surface area contributed by atoms with Crippen LogP contribution in [0.15, 0.2) is 36.5 Å². The Morgan fingerprint density at radius 3 is 2.52 bits per heavy atom. The number of nitrogens with one attached hydrogen (secondary N) is 1. The molecule has 1 heterocycles. The van der Waals surface area contributed by atoms with Gasteiger partial charge in [-0.25, -0.2) is 4.98 Å². The van der Waals surface area contributed by atoms with E-state index in [1.54, 1.807) is 18.3 Å². The van der Waals surface area contributed by atoms with Crippen LogP contribution in [0.2, 0.25) is 5.15 Å². The minimum absolute atomic E-state index is 0.0494. The van der Waals surface area contributed by atoms with Gasteiger partial charge in [0.25, 0.3) is 0 Å². The molecular weight excluding hydrogens is 298 g/mol. The number of nitrogens with zero attached hydrogens (tertiary/aromatic N) is 1. The Labute approximate surface area is 126 Å². The van der Waals surface area contributed by atoms with E-state index < -0.39 is 6.61 Å². The molecule has 0 spiro atoms. The smallest absolute Gasteiger partial charge is 0.387 e. The van der Waals surface area contributed by atoms with Crippen molar-refractivity contribution in [2.45, 2.75) is 26.5 Å². The molecule has 0 radical (unpaired) electrons. The summed E-state index contributed by atoms with van der Waals surface area (Å²) in [6.07, 6.45) is 1.69. The van der Waals surface area contributed by atoms with Crippen LogP contribution in [0.3, 0.4) is 0 Å². The van der Waals surface area contributed by atoms with Crippen LogP contribution in [0.5, 0.6) is 5.75 Å². The second kappa shape index (κ2) is 6.72. The number of aromatic nitrogens is 1. The topological polar surface area (TPSA) is 34.2 Å². The normalized spacial score (nSPS) is 12.3. The number of hydrogen-bond donors (Lipinski definition) is 1. The van der Waals surface area contributed by atoms with Gasteiger partial charge in [-0.15, -0.1) is 0 Å². The van der Waals surface area contributed by atoms with Crippen molar-refractivity contribution in [3.8, 4) is 5.75 Å². The highest BCUT2D eigenvalue weighted by Crippen LogP contribution is 2.26. The number of pyridine rings is 1. The molecule has 1 aromatic carbocycles. The lowest BCUT2D eigenvalue weighted by atomic mass is 10.1. The number of benzene rings is 1. The number of alkyl halides is 2. The summed E-state index contributed by atoms with van der Waals surface area (Å²) < 4.78 is 28.5. The molecule has 21 heavy (non-hydrogen) atoms. The molecule has 0 aliphatic rings. The number of anilines is 1. The Kier molecular flexibility index (Phi) is 4.96. The van der Waals surface area contributed by atoms with Crippen molar-refractivity contribution in [1.82, 2.24) is 4.98 Å². The Bertz CT molecular complexity index is 605. The SMILES string of the molecule is Cc1cnc(Cl)c(NC(C)c2ccc(OC(F)F)cc2)c1. The minimum atomic E-state index is -2.82. The molecule has 0 amide bonds. The van der Waals surface area contributed by atoms with Gasteiger partial charge in [0.15, 0.2) is 5.15 Å². The van der Waals surface area contributed by atoms with Crippen LogP contribution in [0.25, 0.3) is 0 Å². The van der Waals surface area contributed by atoms with E-state index in [-0.39, 0.29) is 11.8 Å². The predicted molar refractivity (Wildman–Crippen MR) is 79.1 cm³/mol. The molecule has 0 fully saturated rings. The zero-order chi connectivity index (χ0) is 15.4. The highest BCUT2D eigenvalue weighted by molar-refractivity contribution is 6.31. The van der Waals surface area contributed by atoms with Gasteiger partial charge >= 0.3 is 6.61 Å². The molecule has 112 valence electrons. The molecule has 2 rings (SSSR count). The zero-order valence-electron chi connectivity index (χ0n) is 11.6.